The summed E-state index contributed by atoms with van der Waals surface area (Å²) < 4.78 is 55.3. The first-order valence-corrected chi connectivity index (χ1v) is 12.4. The largest absolute Gasteiger partial charge is 0.573 e. The van der Waals surface area contributed by atoms with Crippen LogP contribution in [-0.4, -0.2) is 6.36 Å². The van der Waals surface area contributed by atoms with Gasteiger partial charge in [0, 0.05) is 11.5 Å². The SMILES string of the molecule is CCCCCCC[C@@H]1CCc2c(ccc3ccccc23)[C@H]1C#Cc1ccc(OC(F)(F)F)c(F)c1. The van der Waals surface area contributed by atoms with Crippen molar-refractivity contribution < 1.29 is 22.3 Å². The summed E-state index contributed by atoms with van der Waals surface area (Å²) in [5, 5.41) is 2.45. The molecule has 4 rings (SSSR count). The molecule has 0 saturated carbocycles. The van der Waals surface area contributed by atoms with E-state index >= 15 is 0 Å². The molecule has 0 unspecified atom stereocenters. The highest BCUT2D eigenvalue weighted by molar-refractivity contribution is 5.87. The average molecular weight is 483 g/mol. The van der Waals surface area contributed by atoms with Crippen molar-refractivity contribution in [3.05, 3.63) is 77.1 Å². The number of hydrogen-bond donors (Lipinski definition) is 0. The van der Waals surface area contributed by atoms with Crippen LogP contribution in [0.3, 0.4) is 0 Å². The molecule has 3 aromatic carbocycles. The van der Waals surface area contributed by atoms with Crippen molar-refractivity contribution >= 4 is 10.8 Å². The van der Waals surface area contributed by atoms with Crippen molar-refractivity contribution in [2.45, 2.75) is 70.6 Å². The monoisotopic (exact) mass is 482 g/mol. The Labute approximate surface area is 204 Å². The summed E-state index contributed by atoms with van der Waals surface area (Å²) >= 11 is 0. The molecule has 0 aliphatic heterocycles. The molecule has 5 heteroatoms. The molecule has 0 bridgehead atoms. The topological polar surface area (TPSA) is 9.23 Å². The maximum absolute atomic E-state index is 14.2. The molecule has 0 radical (unpaired) electrons. The Hall–Kier alpha value is -3.00. The van der Waals surface area contributed by atoms with Crippen LogP contribution in [0.25, 0.3) is 10.8 Å². The molecule has 0 aromatic heterocycles. The summed E-state index contributed by atoms with van der Waals surface area (Å²) in [5.74, 6) is 4.91. The number of halogens is 4. The lowest BCUT2D eigenvalue weighted by atomic mass is 9.72. The van der Waals surface area contributed by atoms with E-state index in [4.69, 9.17) is 0 Å². The first kappa shape index (κ1) is 25.1. The quantitative estimate of drug-likeness (QED) is 0.186. The maximum atomic E-state index is 14.2. The van der Waals surface area contributed by atoms with Crippen LogP contribution in [0.4, 0.5) is 17.6 Å². The van der Waals surface area contributed by atoms with Gasteiger partial charge in [0.1, 0.15) is 0 Å². The molecule has 3 aromatic rings. The molecular formula is C30H30F4O. The molecule has 1 aliphatic carbocycles. The first-order chi connectivity index (χ1) is 16.9. The van der Waals surface area contributed by atoms with Crippen LogP contribution in [-0.2, 0) is 6.42 Å². The summed E-state index contributed by atoms with van der Waals surface area (Å²) in [6, 6.07) is 16.0. The fourth-order valence-corrected chi connectivity index (χ4v) is 5.14. The second-order valence-corrected chi connectivity index (χ2v) is 9.30. The number of fused-ring (bicyclic) bond motifs is 3. The highest BCUT2D eigenvalue weighted by Gasteiger charge is 2.32. The van der Waals surface area contributed by atoms with Gasteiger partial charge in [0.15, 0.2) is 11.6 Å². The number of hydrogen-bond acceptors (Lipinski definition) is 1. The summed E-state index contributed by atoms with van der Waals surface area (Å²) in [7, 11) is 0. The number of ether oxygens (including phenoxy) is 1. The van der Waals surface area contributed by atoms with Crippen LogP contribution in [0, 0.1) is 23.6 Å². The molecule has 1 aliphatic rings. The maximum Gasteiger partial charge on any atom is 0.573 e. The van der Waals surface area contributed by atoms with Crippen LogP contribution < -0.4 is 4.74 Å². The van der Waals surface area contributed by atoms with E-state index in [0.29, 0.717) is 11.5 Å². The minimum atomic E-state index is -4.94. The van der Waals surface area contributed by atoms with E-state index in [9.17, 15) is 17.6 Å². The van der Waals surface area contributed by atoms with Crippen LogP contribution in [0.5, 0.6) is 5.75 Å². The lowest BCUT2D eigenvalue weighted by Crippen LogP contribution is -2.20. The Bertz CT molecular complexity index is 1220. The molecule has 0 saturated heterocycles. The first-order valence-electron chi connectivity index (χ1n) is 12.4. The van der Waals surface area contributed by atoms with E-state index in [1.54, 1.807) is 0 Å². The molecule has 1 nitrogen and oxygen atoms in total. The number of alkyl halides is 3. The number of rotatable bonds is 7. The molecule has 0 N–H and O–H groups in total. The Morgan fingerprint density at radius 1 is 0.971 bits per heavy atom. The van der Waals surface area contributed by atoms with Crippen molar-refractivity contribution in [3.8, 4) is 17.6 Å². The molecule has 2 atom stereocenters. The van der Waals surface area contributed by atoms with E-state index in [0.717, 1.165) is 37.8 Å². The van der Waals surface area contributed by atoms with Crippen molar-refractivity contribution in [3.63, 3.8) is 0 Å². The van der Waals surface area contributed by atoms with E-state index in [2.05, 4.69) is 53.8 Å². The minimum Gasteiger partial charge on any atom is -0.403 e. The van der Waals surface area contributed by atoms with Gasteiger partial charge in [-0.1, -0.05) is 87.3 Å². The smallest absolute Gasteiger partial charge is 0.403 e. The van der Waals surface area contributed by atoms with Gasteiger partial charge in [-0.25, -0.2) is 4.39 Å². The molecule has 0 heterocycles. The summed E-state index contributed by atoms with van der Waals surface area (Å²) in [4.78, 5) is 0. The zero-order valence-corrected chi connectivity index (χ0v) is 19.9. The lowest BCUT2D eigenvalue weighted by Gasteiger charge is -2.31. The summed E-state index contributed by atoms with van der Waals surface area (Å²) in [6.07, 6.45) is 4.27. The Morgan fingerprint density at radius 3 is 2.54 bits per heavy atom. The zero-order valence-electron chi connectivity index (χ0n) is 19.9. The van der Waals surface area contributed by atoms with E-state index in [-0.39, 0.29) is 5.92 Å². The molecule has 0 spiro atoms. The van der Waals surface area contributed by atoms with Gasteiger partial charge in [-0.05, 0) is 65.3 Å². The minimum absolute atomic E-state index is 0.00342. The van der Waals surface area contributed by atoms with Crippen LogP contribution in [0.1, 0.15) is 74.5 Å². The predicted molar refractivity (Wildman–Crippen MR) is 132 cm³/mol. The van der Waals surface area contributed by atoms with Gasteiger partial charge in [-0.2, -0.15) is 0 Å². The van der Waals surface area contributed by atoms with Gasteiger partial charge in [0.25, 0.3) is 0 Å². The van der Waals surface area contributed by atoms with Crippen LogP contribution in [0.2, 0.25) is 0 Å². The standard InChI is InChI=1S/C30H30F4O/c1-2-3-4-5-6-9-23-15-17-26-24-11-8-7-10-22(24)14-18-27(26)25(23)16-12-21-13-19-29(28(31)20-21)35-30(32,33)34/h7-8,10-11,13-14,18-20,23,25H,2-6,9,15,17H2,1H3/t23-,25+/m1/s1. The fourth-order valence-electron chi connectivity index (χ4n) is 5.14. The van der Waals surface area contributed by atoms with Gasteiger partial charge in [-0.15, -0.1) is 13.2 Å². The van der Waals surface area contributed by atoms with E-state index in [1.165, 1.54) is 53.6 Å². The van der Waals surface area contributed by atoms with Gasteiger partial charge < -0.3 is 4.74 Å². The second kappa shape index (κ2) is 11.2. The van der Waals surface area contributed by atoms with Crippen molar-refractivity contribution in [1.29, 1.82) is 0 Å². The average Bonchev–Trinajstić information content (AvgIpc) is 2.83. The fraction of sp³-hybridized carbons (Fsp3) is 0.400. The van der Waals surface area contributed by atoms with Crippen LogP contribution in [0.15, 0.2) is 54.6 Å². The number of aryl methyl sites for hydroxylation is 1. The van der Waals surface area contributed by atoms with E-state index < -0.39 is 17.9 Å². The third-order valence-corrected chi connectivity index (χ3v) is 6.86. The normalized spacial score (nSPS) is 17.5. The molecule has 35 heavy (non-hydrogen) atoms. The molecule has 184 valence electrons. The van der Waals surface area contributed by atoms with E-state index in [1.807, 2.05) is 6.07 Å². The molecule has 0 fully saturated rings. The highest BCUT2D eigenvalue weighted by Crippen LogP contribution is 2.41. The Kier molecular flexibility index (Phi) is 8.00. The van der Waals surface area contributed by atoms with Gasteiger partial charge in [-0.3, -0.25) is 0 Å². The van der Waals surface area contributed by atoms with Crippen molar-refractivity contribution in [1.82, 2.24) is 0 Å². The molecular weight excluding hydrogens is 452 g/mol. The van der Waals surface area contributed by atoms with Crippen LogP contribution >= 0.6 is 0 Å². The molecule has 0 amide bonds. The summed E-state index contributed by atoms with van der Waals surface area (Å²) in [5.41, 5.74) is 2.88. The van der Waals surface area contributed by atoms with Gasteiger partial charge in [0.2, 0.25) is 0 Å². The third-order valence-electron chi connectivity index (χ3n) is 6.86. The van der Waals surface area contributed by atoms with Crippen molar-refractivity contribution in [2.24, 2.45) is 5.92 Å². The predicted octanol–water partition coefficient (Wildman–Crippen LogP) is 8.94. The highest BCUT2D eigenvalue weighted by atomic mass is 19.4. The number of benzene rings is 3. The summed E-state index contributed by atoms with van der Waals surface area (Å²) in [6.45, 7) is 2.21. The van der Waals surface area contributed by atoms with Gasteiger partial charge in [0.05, 0.1) is 0 Å². The second-order valence-electron chi connectivity index (χ2n) is 9.30. The van der Waals surface area contributed by atoms with Gasteiger partial charge >= 0.3 is 6.36 Å². The Morgan fingerprint density at radius 2 is 1.77 bits per heavy atom. The number of unbranched alkanes of at least 4 members (excludes halogenated alkanes) is 4. The van der Waals surface area contributed by atoms with Crippen molar-refractivity contribution in [2.75, 3.05) is 0 Å². The third kappa shape index (κ3) is 6.36. The Balaban J connectivity index is 1.62. The lowest BCUT2D eigenvalue weighted by molar-refractivity contribution is -0.275. The zero-order chi connectivity index (χ0) is 24.8.